The number of piperazine rings is 1. The lowest BCUT2D eigenvalue weighted by molar-refractivity contribution is -0.193. The molecule has 4 aromatic rings. The van der Waals surface area contributed by atoms with Crippen LogP contribution in [-0.4, -0.2) is 80.6 Å². The van der Waals surface area contributed by atoms with E-state index in [9.17, 15) is 31.4 Å². The number of pyridine rings is 1. The molecule has 0 amide bonds. The van der Waals surface area contributed by atoms with Crippen LogP contribution >= 0.6 is 0 Å². The van der Waals surface area contributed by atoms with Crippen molar-refractivity contribution >= 4 is 22.7 Å². The summed E-state index contributed by atoms with van der Waals surface area (Å²) >= 11 is 0. The number of aliphatic carboxylic acids is 2. The van der Waals surface area contributed by atoms with E-state index < -0.39 is 24.3 Å². The predicted molar refractivity (Wildman–Crippen MR) is 153 cm³/mol. The number of carbonyl (C=O) groups is 2. The van der Waals surface area contributed by atoms with Gasteiger partial charge in [0.15, 0.2) is 0 Å². The number of halogens is 6. The van der Waals surface area contributed by atoms with Gasteiger partial charge in [0.1, 0.15) is 5.75 Å². The first-order chi connectivity index (χ1) is 21.1. The van der Waals surface area contributed by atoms with Gasteiger partial charge in [-0.3, -0.25) is 14.8 Å². The van der Waals surface area contributed by atoms with E-state index in [4.69, 9.17) is 19.8 Å². The van der Waals surface area contributed by atoms with Crippen molar-refractivity contribution in [3.8, 4) is 16.9 Å². The van der Waals surface area contributed by atoms with Gasteiger partial charge in [0.25, 0.3) is 0 Å². The van der Waals surface area contributed by atoms with E-state index in [0.717, 1.165) is 50.0 Å². The van der Waals surface area contributed by atoms with E-state index >= 15 is 0 Å². The van der Waals surface area contributed by atoms with Crippen molar-refractivity contribution in [1.82, 2.24) is 14.8 Å². The fourth-order valence-corrected chi connectivity index (χ4v) is 4.33. The first-order valence-corrected chi connectivity index (χ1v) is 13.4. The fraction of sp³-hybridized carbons (Fsp3) is 0.258. The van der Waals surface area contributed by atoms with Crippen molar-refractivity contribution < 1.29 is 51.3 Å². The van der Waals surface area contributed by atoms with E-state index in [-0.39, 0.29) is 0 Å². The zero-order valence-electron chi connectivity index (χ0n) is 23.6. The molecule has 240 valence electrons. The maximum atomic E-state index is 10.6. The molecule has 14 heteroatoms. The lowest BCUT2D eigenvalue weighted by Gasteiger charge is -2.34. The Morgan fingerprint density at radius 2 is 1.02 bits per heavy atom. The quantitative estimate of drug-likeness (QED) is 0.222. The molecule has 0 radical (unpaired) electrons. The van der Waals surface area contributed by atoms with E-state index in [1.54, 1.807) is 12.1 Å². The summed E-state index contributed by atoms with van der Waals surface area (Å²) in [5.41, 5.74) is 5.12. The third-order valence-corrected chi connectivity index (χ3v) is 6.62. The molecule has 0 unspecified atom stereocenters. The van der Waals surface area contributed by atoms with Crippen LogP contribution in [-0.2, 0) is 22.7 Å². The van der Waals surface area contributed by atoms with E-state index in [2.05, 4.69) is 69.4 Å². The maximum absolute atomic E-state index is 10.6. The summed E-state index contributed by atoms with van der Waals surface area (Å²) in [6, 6.07) is 25.0. The average Bonchev–Trinajstić information content (AvgIpc) is 2.98. The van der Waals surface area contributed by atoms with Crippen LogP contribution in [0, 0.1) is 0 Å². The van der Waals surface area contributed by atoms with Crippen molar-refractivity contribution in [2.75, 3.05) is 26.2 Å². The van der Waals surface area contributed by atoms with Crippen molar-refractivity contribution in [3.05, 3.63) is 96.3 Å². The van der Waals surface area contributed by atoms with Gasteiger partial charge in [0, 0.05) is 51.7 Å². The van der Waals surface area contributed by atoms with Crippen molar-refractivity contribution in [2.45, 2.75) is 25.4 Å². The number of hydrogen-bond donors (Lipinski definition) is 3. The normalized spacial score (nSPS) is 14.1. The van der Waals surface area contributed by atoms with Crippen LogP contribution in [0.3, 0.4) is 0 Å². The van der Waals surface area contributed by atoms with Gasteiger partial charge in [-0.05, 0) is 63.4 Å². The van der Waals surface area contributed by atoms with Crippen LogP contribution in [0.2, 0.25) is 0 Å². The Kier molecular flexibility index (Phi) is 11.9. The zero-order chi connectivity index (χ0) is 33.2. The highest BCUT2D eigenvalue weighted by Crippen LogP contribution is 2.27. The summed E-state index contributed by atoms with van der Waals surface area (Å²) in [6.07, 6.45) is -6.42. The molecule has 0 saturated carbocycles. The van der Waals surface area contributed by atoms with Crippen molar-refractivity contribution in [1.29, 1.82) is 0 Å². The summed E-state index contributed by atoms with van der Waals surface area (Å²) in [6.45, 7) is 6.42. The minimum absolute atomic E-state index is 0.308. The SMILES string of the molecule is O=C(O)C(F)(F)F.O=C(O)C(F)(F)F.Oc1ccc2cc(-c3ccc(CN4CCN(Cc5ccncc5)CC4)cc3)ccc2c1. The number of hydrogen-bond acceptors (Lipinski definition) is 6. The minimum Gasteiger partial charge on any atom is -0.508 e. The standard InChI is InChI=1S/C27H27N3O.2C2HF3O2/c31-27-8-7-25-17-24(5-6-26(25)18-27)23-3-1-21(2-4-23)19-29-13-15-30(16-14-29)20-22-9-11-28-12-10-22;2*3-2(4,5)1(6)7/h1-12,17-18,31H,13-16,19-20H2;2*(H,6,7). The van der Waals surface area contributed by atoms with Gasteiger partial charge in [-0.1, -0.05) is 42.5 Å². The summed E-state index contributed by atoms with van der Waals surface area (Å²) < 4.78 is 63.5. The largest absolute Gasteiger partial charge is 0.508 e. The van der Waals surface area contributed by atoms with Crippen LogP contribution < -0.4 is 0 Å². The summed E-state index contributed by atoms with van der Waals surface area (Å²) in [5, 5.41) is 26.1. The number of fused-ring (bicyclic) bond motifs is 1. The molecule has 1 fully saturated rings. The van der Waals surface area contributed by atoms with Gasteiger partial charge in [-0.15, -0.1) is 0 Å². The Bertz CT molecular complexity index is 1530. The van der Waals surface area contributed by atoms with Crippen LogP contribution in [0.4, 0.5) is 26.3 Å². The van der Waals surface area contributed by atoms with E-state index in [0.29, 0.717) is 5.75 Å². The Balaban J connectivity index is 0.000000331. The van der Waals surface area contributed by atoms with Crippen molar-refractivity contribution in [2.24, 2.45) is 0 Å². The van der Waals surface area contributed by atoms with Crippen molar-refractivity contribution in [3.63, 3.8) is 0 Å². The summed E-state index contributed by atoms with van der Waals surface area (Å²) in [5.74, 6) is -5.21. The number of alkyl halides is 6. The molecule has 1 aliphatic heterocycles. The van der Waals surface area contributed by atoms with E-state index in [1.807, 2.05) is 18.5 Å². The predicted octanol–water partition coefficient (Wildman–Crippen LogP) is 6.19. The van der Waals surface area contributed by atoms with Gasteiger partial charge < -0.3 is 15.3 Å². The Morgan fingerprint density at radius 1 is 0.622 bits per heavy atom. The highest BCUT2D eigenvalue weighted by molar-refractivity contribution is 5.88. The molecule has 0 spiro atoms. The second-order valence-corrected chi connectivity index (χ2v) is 9.96. The first-order valence-electron chi connectivity index (χ1n) is 13.4. The highest BCUT2D eigenvalue weighted by Gasteiger charge is 2.38. The number of phenols is 1. The monoisotopic (exact) mass is 637 g/mol. The number of carboxylic acids is 2. The molecular weight excluding hydrogens is 608 g/mol. The third kappa shape index (κ3) is 11.4. The molecule has 3 aromatic carbocycles. The number of aromatic hydroxyl groups is 1. The number of carboxylic acid groups (broad SMARTS) is 2. The number of rotatable bonds is 5. The van der Waals surface area contributed by atoms with E-state index in [1.165, 1.54) is 22.3 Å². The molecule has 0 bridgehead atoms. The molecule has 5 rings (SSSR count). The smallest absolute Gasteiger partial charge is 0.490 e. The molecule has 45 heavy (non-hydrogen) atoms. The number of nitrogens with zero attached hydrogens (tertiary/aromatic N) is 3. The van der Waals surface area contributed by atoms with Gasteiger partial charge >= 0.3 is 24.3 Å². The lowest BCUT2D eigenvalue weighted by Crippen LogP contribution is -2.45. The van der Waals surface area contributed by atoms with Crippen LogP contribution in [0.1, 0.15) is 11.1 Å². The Morgan fingerprint density at radius 3 is 1.49 bits per heavy atom. The number of aromatic nitrogens is 1. The fourth-order valence-electron chi connectivity index (χ4n) is 4.33. The molecule has 0 aliphatic carbocycles. The topological polar surface area (TPSA) is 114 Å². The molecular formula is C31H29F6N3O5. The highest BCUT2D eigenvalue weighted by atomic mass is 19.4. The van der Waals surface area contributed by atoms with Gasteiger partial charge in [0.05, 0.1) is 0 Å². The second-order valence-electron chi connectivity index (χ2n) is 9.96. The molecule has 2 heterocycles. The van der Waals surface area contributed by atoms with Gasteiger partial charge in [0.2, 0.25) is 0 Å². The first kappa shape index (κ1) is 34.8. The summed E-state index contributed by atoms with van der Waals surface area (Å²) in [7, 11) is 0. The molecule has 8 nitrogen and oxygen atoms in total. The third-order valence-electron chi connectivity index (χ3n) is 6.62. The lowest BCUT2D eigenvalue weighted by atomic mass is 10.00. The minimum atomic E-state index is -5.08. The average molecular weight is 638 g/mol. The molecule has 1 saturated heterocycles. The summed E-state index contributed by atoms with van der Waals surface area (Å²) in [4.78, 5) is 27.0. The van der Waals surface area contributed by atoms with Crippen LogP contribution in [0.25, 0.3) is 21.9 Å². The molecule has 0 atom stereocenters. The van der Waals surface area contributed by atoms with Crippen LogP contribution in [0.15, 0.2) is 85.2 Å². The Labute approximate surface area is 253 Å². The molecule has 1 aliphatic rings. The van der Waals surface area contributed by atoms with Gasteiger partial charge in [-0.25, -0.2) is 9.59 Å². The van der Waals surface area contributed by atoms with Crippen LogP contribution in [0.5, 0.6) is 5.75 Å². The molecule has 3 N–H and O–H groups in total. The number of benzene rings is 3. The Hall–Kier alpha value is -4.69. The molecule has 1 aromatic heterocycles. The second kappa shape index (κ2) is 15.3. The van der Waals surface area contributed by atoms with Gasteiger partial charge in [-0.2, -0.15) is 26.3 Å². The zero-order valence-corrected chi connectivity index (χ0v) is 23.6. The maximum Gasteiger partial charge on any atom is 0.490 e. The number of phenolic OH excluding ortho intramolecular Hbond substituents is 1.